The van der Waals surface area contributed by atoms with Crippen LogP contribution in [0.1, 0.15) is 29.2 Å². The summed E-state index contributed by atoms with van der Waals surface area (Å²) in [5.74, 6) is 1.87. The minimum atomic E-state index is 0.335. The monoisotopic (exact) mass is 388 g/mol. The van der Waals surface area contributed by atoms with Crippen molar-refractivity contribution in [3.63, 3.8) is 0 Å². The number of hydrogen-bond acceptors (Lipinski definition) is 5. The van der Waals surface area contributed by atoms with Gasteiger partial charge < -0.3 is 4.74 Å². The standard InChI is InChI=1S/C19H18Cl2N4O/c1-12-19(21)16(23-13(2)22-12)5-3-4-14-6-8-15(9-7-14)26-18-11-10-17(20)24-25-18/h6-11H,3-5H2,1-2H3. The fraction of sp³-hybridized carbons (Fsp3) is 0.263. The molecule has 2 heterocycles. The van der Waals surface area contributed by atoms with Gasteiger partial charge in [-0.3, -0.25) is 0 Å². The highest BCUT2D eigenvalue weighted by molar-refractivity contribution is 6.31. The summed E-state index contributed by atoms with van der Waals surface area (Å²) in [5.41, 5.74) is 2.97. The van der Waals surface area contributed by atoms with E-state index >= 15 is 0 Å². The zero-order valence-corrected chi connectivity index (χ0v) is 16.1. The zero-order valence-electron chi connectivity index (χ0n) is 14.5. The molecule has 5 nitrogen and oxygen atoms in total. The highest BCUT2D eigenvalue weighted by atomic mass is 35.5. The first-order valence-corrected chi connectivity index (χ1v) is 9.02. The molecule has 3 aromatic rings. The van der Waals surface area contributed by atoms with E-state index in [4.69, 9.17) is 27.9 Å². The summed E-state index contributed by atoms with van der Waals surface area (Å²) >= 11 is 12.0. The van der Waals surface area contributed by atoms with Crippen molar-refractivity contribution in [2.24, 2.45) is 0 Å². The molecular weight excluding hydrogens is 371 g/mol. The van der Waals surface area contributed by atoms with Crippen molar-refractivity contribution >= 4 is 23.2 Å². The van der Waals surface area contributed by atoms with Gasteiger partial charge in [-0.15, -0.1) is 10.2 Å². The third-order valence-corrected chi connectivity index (χ3v) is 4.52. The molecule has 0 bridgehead atoms. The number of aromatic nitrogens is 4. The van der Waals surface area contributed by atoms with Crippen LogP contribution < -0.4 is 4.74 Å². The average Bonchev–Trinajstić information content (AvgIpc) is 2.62. The van der Waals surface area contributed by atoms with Gasteiger partial charge in [-0.05, 0) is 56.9 Å². The summed E-state index contributed by atoms with van der Waals surface area (Å²) in [6.45, 7) is 3.79. The predicted molar refractivity (Wildman–Crippen MR) is 102 cm³/mol. The van der Waals surface area contributed by atoms with Crippen molar-refractivity contribution < 1.29 is 4.74 Å². The summed E-state index contributed by atoms with van der Waals surface area (Å²) in [4.78, 5) is 8.72. The van der Waals surface area contributed by atoms with Crippen molar-refractivity contribution in [1.29, 1.82) is 0 Å². The first-order valence-electron chi connectivity index (χ1n) is 8.27. The van der Waals surface area contributed by atoms with Crippen LogP contribution in [0.3, 0.4) is 0 Å². The Labute approximate surface area is 162 Å². The summed E-state index contributed by atoms with van der Waals surface area (Å²) in [7, 11) is 0. The molecule has 7 heteroatoms. The van der Waals surface area contributed by atoms with Crippen LogP contribution >= 0.6 is 23.2 Å². The molecule has 0 amide bonds. The highest BCUT2D eigenvalue weighted by Gasteiger charge is 2.08. The lowest BCUT2D eigenvalue weighted by Crippen LogP contribution is -2.01. The summed E-state index contributed by atoms with van der Waals surface area (Å²) in [6.07, 6.45) is 2.71. The summed E-state index contributed by atoms with van der Waals surface area (Å²) in [5, 5.41) is 8.63. The topological polar surface area (TPSA) is 60.8 Å². The maximum atomic E-state index is 6.29. The van der Waals surface area contributed by atoms with Gasteiger partial charge in [0.05, 0.1) is 16.4 Å². The van der Waals surface area contributed by atoms with E-state index in [1.165, 1.54) is 5.56 Å². The SMILES string of the molecule is Cc1nc(C)c(Cl)c(CCCc2ccc(Oc3ccc(Cl)nn3)cc2)n1. The fourth-order valence-corrected chi connectivity index (χ4v) is 2.88. The second-order valence-electron chi connectivity index (χ2n) is 5.91. The minimum Gasteiger partial charge on any atom is -0.438 e. The van der Waals surface area contributed by atoms with E-state index in [1.54, 1.807) is 12.1 Å². The van der Waals surface area contributed by atoms with E-state index in [2.05, 4.69) is 20.2 Å². The Kier molecular flexibility index (Phi) is 6.01. The average molecular weight is 389 g/mol. The zero-order chi connectivity index (χ0) is 18.5. The van der Waals surface area contributed by atoms with Gasteiger partial charge in [-0.1, -0.05) is 35.3 Å². The second kappa shape index (κ2) is 8.43. The number of rotatable bonds is 6. The van der Waals surface area contributed by atoms with Crippen LogP contribution in [-0.2, 0) is 12.8 Å². The van der Waals surface area contributed by atoms with Gasteiger partial charge in [0.2, 0.25) is 5.88 Å². The molecule has 26 heavy (non-hydrogen) atoms. The lowest BCUT2D eigenvalue weighted by Gasteiger charge is -2.08. The Hall–Kier alpha value is -2.24. The van der Waals surface area contributed by atoms with Crippen LogP contribution in [-0.4, -0.2) is 20.2 Å². The number of aryl methyl sites for hydroxylation is 4. The summed E-state index contributed by atoms with van der Waals surface area (Å²) < 4.78 is 5.64. The molecule has 0 aliphatic carbocycles. The Bertz CT molecular complexity index is 883. The van der Waals surface area contributed by atoms with Crippen LogP contribution in [0.4, 0.5) is 0 Å². The maximum Gasteiger partial charge on any atom is 0.238 e. The van der Waals surface area contributed by atoms with Gasteiger partial charge >= 0.3 is 0 Å². The predicted octanol–water partition coefficient (Wildman–Crippen LogP) is 5.16. The van der Waals surface area contributed by atoms with Crippen LogP contribution in [0.25, 0.3) is 0 Å². The quantitative estimate of drug-likeness (QED) is 0.583. The first-order chi connectivity index (χ1) is 12.5. The number of nitrogens with zero attached hydrogens (tertiary/aromatic N) is 4. The Balaban J connectivity index is 1.55. The first kappa shape index (κ1) is 18.5. The molecule has 0 atom stereocenters. The molecule has 0 aliphatic rings. The Morgan fingerprint density at radius 3 is 2.35 bits per heavy atom. The molecule has 134 valence electrons. The van der Waals surface area contributed by atoms with Crippen LogP contribution in [0.2, 0.25) is 10.2 Å². The lowest BCUT2D eigenvalue weighted by molar-refractivity contribution is 0.455. The van der Waals surface area contributed by atoms with E-state index in [9.17, 15) is 0 Å². The molecule has 2 aromatic heterocycles. The second-order valence-corrected chi connectivity index (χ2v) is 6.68. The molecule has 0 N–H and O–H groups in total. The number of ether oxygens (including phenoxy) is 1. The smallest absolute Gasteiger partial charge is 0.238 e. The van der Waals surface area contributed by atoms with Gasteiger partial charge in [0.15, 0.2) is 5.15 Å². The van der Waals surface area contributed by atoms with Crippen molar-refractivity contribution in [2.45, 2.75) is 33.1 Å². The van der Waals surface area contributed by atoms with Gasteiger partial charge in [-0.2, -0.15) is 0 Å². The molecule has 0 fully saturated rings. The van der Waals surface area contributed by atoms with E-state index < -0.39 is 0 Å². The highest BCUT2D eigenvalue weighted by Crippen LogP contribution is 2.22. The molecule has 0 spiro atoms. The van der Waals surface area contributed by atoms with Gasteiger partial charge in [0.1, 0.15) is 11.6 Å². The number of hydrogen-bond donors (Lipinski definition) is 0. The molecule has 0 radical (unpaired) electrons. The van der Waals surface area contributed by atoms with Crippen molar-refractivity contribution in [1.82, 2.24) is 20.2 Å². The number of benzene rings is 1. The van der Waals surface area contributed by atoms with Crippen LogP contribution in [0.5, 0.6) is 11.6 Å². The van der Waals surface area contributed by atoms with Gasteiger partial charge in [0, 0.05) is 6.07 Å². The molecule has 0 saturated carbocycles. The molecule has 0 saturated heterocycles. The van der Waals surface area contributed by atoms with Crippen LogP contribution in [0, 0.1) is 13.8 Å². The van der Waals surface area contributed by atoms with E-state index in [0.717, 1.165) is 36.5 Å². The van der Waals surface area contributed by atoms with Gasteiger partial charge in [0.25, 0.3) is 0 Å². The van der Waals surface area contributed by atoms with Crippen molar-refractivity contribution in [3.05, 3.63) is 69.3 Å². The fourth-order valence-electron chi connectivity index (χ4n) is 2.60. The number of halogens is 2. The molecule has 0 unspecified atom stereocenters. The van der Waals surface area contributed by atoms with Crippen molar-refractivity contribution in [3.8, 4) is 11.6 Å². The Morgan fingerprint density at radius 2 is 1.65 bits per heavy atom. The normalized spacial score (nSPS) is 10.8. The molecular formula is C19H18Cl2N4O. The summed E-state index contributed by atoms with van der Waals surface area (Å²) in [6, 6.07) is 11.2. The van der Waals surface area contributed by atoms with E-state index in [0.29, 0.717) is 21.8 Å². The molecule has 3 rings (SSSR count). The van der Waals surface area contributed by atoms with Crippen LogP contribution in [0.15, 0.2) is 36.4 Å². The largest absolute Gasteiger partial charge is 0.438 e. The third-order valence-electron chi connectivity index (χ3n) is 3.83. The van der Waals surface area contributed by atoms with E-state index in [-0.39, 0.29) is 0 Å². The third kappa shape index (κ3) is 4.90. The minimum absolute atomic E-state index is 0.335. The molecule has 1 aromatic carbocycles. The Morgan fingerprint density at radius 1 is 0.885 bits per heavy atom. The van der Waals surface area contributed by atoms with E-state index in [1.807, 2.05) is 38.1 Å². The molecule has 0 aliphatic heterocycles. The van der Waals surface area contributed by atoms with Crippen molar-refractivity contribution in [2.75, 3.05) is 0 Å². The lowest BCUT2D eigenvalue weighted by atomic mass is 10.1. The van der Waals surface area contributed by atoms with Gasteiger partial charge in [-0.25, -0.2) is 9.97 Å². The maximum absolute atomic E-state index is 6.29.